The van der Waals surface area contributed by atoms with E-state index in [-0.39, 0.29) is 0 Å². The van der Waals surface area contributed by atoms with E-state index in [9.17, 15) is 0 Å². The normalized spacial score (nSPS) is 11.0. The largest absolute Gasteiger partial charge is 0.497 e. The molecule has 3 rings (SSSR count). The Morgan fingerprint density at radius 1 is 1.14 bits per heavy atom. The predicted molar refractivity (Wildman–Crippen MR) is 88.6 cm³/mol. The van der Waals surface area contributed by atoms with Crippen LogP contribution < -0.4 is 4.74 Å². The Balaban J connectivity index is 2.11. The van der Waals surface area contributed by atoms with Crippen LogP contribution in [0.3, 0.4) is 0 Å². The summed E-state index contributed by atoms with van der Waals surface area (Å²) in [6.45, 7) is 2.95. The highest BCUT2D eigenvalue weighted by atomic mass is 32.1. The number of H-pyrrole nitrogens is 1. The molecule has 0 fully saturated rings. The van der Waals surface area contributed by atoms with E-state index in [1.165, 1.54) is 11.1 Å². The molecule has 0 atom stereocenters. The maximum Gasteiger partial charge on any atom is 0.178 e. The fourth-order valence-corrected chi connectivity index (χ4v) is 2.92. The fourth-order valence-electron chi connectivity index (χ4n) is 2.64. The van der Waals surface area contributed by atoms with Crippen molar-refractivity contribution in [3.63, 3.8) is 0 Å². The third-order valence-corrected chi connectivity index (χ3v) is 4.13. The predicted octanol–water partition coefficient (Wildman–Crippen LogP) is 4.32. The summed E-state index contributed by atoms with van der Waals surface area (Å²) in [7, 11) is 1.68. The summed E-state index contributed by atoms with van der Waals surface area (Å²) in [4.78, 5) is 3.26. The number of nitrogens with one attached hydrogen (secondary N) is 1. The topological polar surface area (TPSA) is 29.9 Å². The molecule has 0 radical (unpaired) electrons. The van der Waals surface area contributed by atoms with Crippen molar-refractivity contribution in [3.8, 4) is 5.75 Å². The molecule has 0 saturated carbocycles. The molecule has 108 valence electrons. The van der Waals surface area contributed by atoms with Crippen LogP contribution in [0.15, 0.2) is 42.5 Å². The molecule has 0 saturated heterocycles. The first kappa shape index (κ1) is 13.9. The number of fused-ring (bicyclic) bond motifs is 1. The molecule has 1 N–H and O–H groups in total. The summed E-state index contributed by atoms with van der Waals surface area (Å²) < 4.78 is 8.19. The number of aryl methyl sites for hydroxylation is 1. The minimum atomic E-state index is 0.740. The van der Waals surface area contributed by atoms with E-state index in [0.717, 1.165) is 34.5 Å². The summed E-state index contributed by atoms with van der Waals surface area (Å²) in [5.74, 6) is 0.842. The molecule has 0 spiro atoms. The first-order valence-electron chi connectivity index (χ1n) is 7.06. The first-order chi connectivity index (χ1) is 10.2. The standard InChI is InChI=1S/C17H18N2OS/c1-3-12-6-4-5-7-13(12)11-19-16-10-14(20-2)8-9-15(16)18-17(19)21/h4-10H,3,11H2,1-2H3,(H,18,21). The summed E-state index contributed by atoms with van der Waals surface area (Å²) in [6, 6.07) is 14.5. The first-order valence-corrected chi connectivity index (χ1v) is 7.47. The van der Waals surface area contributed by atoms with Crippen LogP contribution in [0.2, 0.25) is 0 Å². The Hall–Kier alpha value is -2.07. The molecule has 3 nitrogen and oxygen atoms in total. The number of methoxy groups -OCH3 is 1. The van der Waals surface area contributed by atoms with Crippen LogP contribution in [0.25, 0.3) is 11.0 Å². The molecule has 21 heavy (non-hydrogen) atoms. The number of hydrogen-bond donors (Lipinski definition) is 1. The van der Waals surface area contributed by atoms with Crippen molar-refractivity contribution in [3.05, 3.63) is 58.4 Å². The molecule has 0 aliphatic rings. The van der Waals surface area contributed by atoms with E-state index in [1.54, 1.807) is 7.11 Å². The Morgan fingerprint density at radius 2 is 1.90 bits per heavy atom. The quantitative estimate of drug-likeness (QED) is 0.727. The van der Waals surface area contributed by atoms with Gasteiger partial charge in [-0.1, -0.05) is 31.2 Å². The highest BCUT2D eigenvalue weighted by molar-refractivity contribution is 7.71. The molecule has 0 unspecified atom stereocenters. The second-order valence-corrected chi connectivity index (χ2v) is 5.41. The van der Waals surface area contributed by atoms with E-state index >= 15 is 0 Å². The molecule has 4 heteroatoms. The zero-order valence-corrected chi connectivity index (χ0v) is 13.0. The van der Waals surface area contributed by atoms with Crippen molar-refractivity contribution in [1.29, 1.82) is 0 Å². The summed E-state index contributed by atoms with van der Waals surface area (Å²) in [5, 5.41) is 0. The number of hydrogen-bond acceptors (Lipinski definition) is 2. The number of rotatable bonds is 4. The highest BCUT2D eigenvalue weighted by Gasteiger charge is 2.08. The van der Waals surface area contributed by atoms with Crippen LogP contribution in [0, 0.1) is 4.77 Å². The van der Waals surface area contributed by atoms with Gasteiger partial charge in [0.1, 0.15) is 5.75 Å². The van der Waals surface area contributed by atoms with E-state index in [1.807, 2.05) is 18.2 Å². The van der Waals surface area contributed by atoms with E-state index < -0.39 is 0 Å². The summed E-state index contributed by atoms with van der Waals surface area (Å²) >= 11 is 5.48. The van der Waals surface area contributed by atoms with E-state index in [0.29, 0.717) is 0 Å². The Kier molecular flexibility index (Phi) is 3.80. The number of benzene rings is 2. The van der Waals surface area contributed by atoms with Crippen LogP contribution >= 0.6 is 12.2 Å². The number of ether oxygens (including phenoxy) is 1. The fraction of sp³-hybridized carbons (Fsp3) is 0.235. The minimum Gasteiger partial charge on any atom is -0.497 e. The van der Waals surface area contributed by atoms with Crippen molar-refractivity contribution < 1.29 is 4.74 Å². The van der Waals surface area contributed by atoms with Gasteiger partial charge in [-0.15, -0.1) is 0 Å². The number of aromatic nitrogens is 2. The average Bonchev–Trinajstić information content (AvgIpc) is 2.83. The number of nitrogens with zero attached hydrogens (tertiary/aromatic N) is 1. The second kappa shape index (κ2) is 5.74. The Bertz CT molecular complexity index is 832. The SMILES string of the molecule is CCc1ccccc1Cn1c(=S)[nH]c2ccc(OC)cc21. The summed E-state index contributed by atoms with van der Waals surface area (Å²) in [5.41, 5.74) is 4.77. The van der Waals surface area contributed by atoms with Gasteiger partial charge in [0.15, 0.2) is 4.77 Å². The van der Waals surface area contributed by atoms with E-state index in [2.05, 4.69) is 40.7 Å². The smallest absolute Gasteiger partial charge is 0.178 e. The van der Waals surface area contributed by atoms with Gasteiger partial charge in [-0.25, -0.2) is 0 Å². The maximum absolute atomic E-state index is 5.48. The zero-order valence-electron chi connectivity index (χ0n) is 12.2. The molecule has 2 aromatic carbocycles. The Labute approximate surface area is 129 Å². The lowest BCUT2D eigenvalue weighted by Gasteiger charge is -2.10. The lowest BCUT2D eigenvalue weighted by atomic mass is 10.1. The van der Waals surface area contributed by atoms with Crippen molar-refractivity contribution in [2.24, 2.45) is 0 Å². The third-order valence-electron chi connectivity index (χ3n) is 3.81. The van der Waals surface area contributed by atoms with Crippen LogP contribution in [-0.2, 0) is 13.0 Å². The molecule has 3 aromatic rings. The molecule has 0 bridgehead atoms. The maximum atomic E-state index is 5.48. The second-order valence-electron chi connectivity index (χ2n) is 5.02. The van der Waals surface area contributed by atoms with Crippen molar-refractivity contribution in [2.75, 3.05) is 7.11 Å². The molecule has 0 amide bonds. The summed E-state index contributed by atoms with van der Waals surface area (Å²) in [6.07, 6.45) is 1.02. The molecule has 1 heterocycles. The van der Waals surface area contributed by atoms with Crippen molar-refractivity contribution in [1.82, 2.24) is 9.55 Å². The van der Waals surface area contributed by atoms with Gasteiger partial charge in [0.2, 0.25) is 0 Å². The van der Waals surface area contributed by atoms with Gasteiger partial charge in [-0.2, -0.15) is 0 Å². The molecular weight excluding hydrogens is 280 g/mol. The lowest BCUT2D eigenvalue weighted by molar-refractivity contribution is 0.415. The lowest BCUT2D eigenvalue weighted by Crippen LogP contribution is -2.02. The number of imidazole rings is 1. The molecule has 1 aromatic heterocycles. The minimum absolute atomic E-state index is 0.740. The number of aromatic amines is 1. The van der Waals surface area contributed by atoms with Gasteiger partial charge < -0.3 is 14.3 Å². The van der Waals surface area contributed by atoms with Gasteiger partial charge >= 0.3 is 0 Å². The highest BCUT2D eigenvalue weighted by Crippen LogP contribution is 2.22. The van der Waals surface area contributed by atoms with Gasteiger partial charge in [-0.05, 0) is 41.9 Å². The van der Waals surface area contributed by atoms with Gasteiger partial charge in [-0.3, -0.25) is 0 Å². The average molecular weight is 298 g/mol. The van der Waals surface area contributed by atoms with Crippen LogP contribution in [-0.4, -0.2) is 16.7 Å². The van der Waals surface area contributed by atoms with Gasteiger partial charge in [0.05, 0.1) is 24.7 Å². The zero-order chi connectivity index (χ0) is 14.8. The Morgan fingerprint density at radius 3 is 2.62 bits per heavy atom. The van der Waals surface area contributed by atoms with Crippen LogP contribution in [0.5, 0.6) is 5.75 Å². The van der Waals surface area contributed by atoms with Gasteiger partial charge in [0, 0.05) is 6.07 Å². The molecule has 0 aliphatic carbocycles. The van der Waals surface area contributed by atoms with E-state index in [4.69, 9.17) is 17.0 Å². The van der Waals surface area contributed by atoms with Crippen LogP contribution in [0.4, 0.5) is 0 Å². The molecule has 0 aliphatic heterocycles. The van der Waals surface area contributed by atoms with Crippen LogP contribution in [0.1, 0.15) is 18.1 Å². The third kappa shape index (κ3) is 2.59. The monoisotopic (exact) mass is 298 g/mol. The van der Waals surface area contributed by atoms with Crippen molar-refractivity contribution in [2.45, 2.75) is 19.9 Å². The molecular formula is C17H18N2OS. The van der Waals surface area contributed by atoms with Gasteiger partial charge in [0.25, 0.3) is 0 Å². The van der Waals surface area contributed by atoms with Crippen molar-refractivity contribution >= 4 is 23.3 Å².